The van der Waals surface area contributed by atoms with Crippen LogP contribution in [-0.2, 0) is 18.6 Å². The summed E-state index contributed by atoms with van der Waals surface area (Å²) in [5.41, 5.74) is 8.03. The summed E-state index contributed by atoms with van der Waals surface area (Å²) in [4.78, 5) is 7.37. The van der Waals surface area contributed by atoms with Gasteiger partial charge in [0.2, 0.25) is 0 Å². The van der Waals surface area contributed by atoms with Gasteiger partial charge in [0.05, 0.1) is 11.2 Å². The predicted molar refractivity (Wildman–Crippen MR) is 218 cm³/mol. The van der Waals surface area contributed by atoms with E-state index in [1.54, 1.807) is 0 Å². The van der Waals surface area contributed by atoms with Gasteiger partial charge in [0.1, 0.15) is 13.1 Å². The summed E-state index contributed by atoms with van der Waals surface area (Å²) in [7, 11) is 0. The van der Waals surface area contributed by atoms with Crippen LogP contribution in [0.15, 0.2) is 114 Å². The van der Waals surface area contributed by atoms with Gasteiger partial charge in [-0.3, -0.25) is 4.99 Å². The zero-order valence-corrected chi connectivity index (χ0v) is 32.8. The molecule has 51 heavy (non-hydrogen) atoms. The highest BCUT2D eigenvalue weighted by molar-refractivity contribution is 5.88. The van der Waals surface area contributed by atoms with Gasteiger partial charge in [-0.2, -0.15) is 0 Å². The maximum atomic E-state index is 4.84. The fourth-order valence-electron chi connectivity index (χ4n) is 6.99. The van der Waals surface area contributed by atoms with E-state index in [1.165, 1.54) is 104 Å². The number of aliphatic imine (C=N–C) groups is 1. The molecule has 1 atom stereocenters. The number of unbranched alkanes of at least 4 members (excludes halogenated alkanes) is 9. The van der Waals surface area contributed by atoms with Gasteiger partial charge in [-0.1, -0.05) is 102 Å². The quantitative estimate of drug-likeness (QED) is 0.0473. The number of aryl methyl sites for hydroxylation is 3. The molecule has 272 valence electrons. The molecule has 3 aromatic rings. The average molecular weight is 687 g/mol. The highest BCUT2D eigenvalue weighted by Gasteiger charge is 2.39. The molecule has 0 aliphatic carbocycles. The van der Waals surface area contributed by atoms with E-state index in [0.717, 1.165) is 31.8 Å². The Kier molecular flexibility index (Phi) is 16.6. The minimum atomic E-state index is -0.474. The minimum absolute atomic E-state index is 0.474. The van der Waals surface area contributed by atoms with E-state index in [4.69, 9.17) is 4.99 Å². The number of rotatable bonds is 21. The zero-order chi connectivity index (χ0) is 36.3. The highest BCUT2D eigenvalue weighted by Crippen LogP contribution is 2.46. The van der Waals surface area contributed by atoms with Crippen LogP contribution in [0.4, 0.5) is 0 Å². The van der Waals surface area contributed by atoms with E-state index in [9.17, 15) is 0 Å². The molecule has 1 aliphatic heterocycles. The summed E-state index contributed by atoms with van der Waals surface area (Å²) >= 11 is 0. The lowest BCUT2D eigenvalue weighted by molar-refractivity contribution is -0.697. The van der Waals surface area contributed by atoms with E-state index in [2.05, 4.69) is 159 Å². The number of allylic oxidation sites excluding steroid dienone is 5. The van der Waals surface area contributed by atoms with Crippen LogP contribution in [0.1, 0.15) is 134 Å². The molecule has 2 aromatic heterocycles. The summed E-state index contributed by atoms with van der Waals surface area (Å²) in [6.45, 7) is 16.4. The number of hydrogen-bond donors (Lipinski definition) is 0. The molecule has 1 aliphatic rings. The standard InChI is InChI=1S/C47H66N4/c1-7-11-14-17-30-48-31-25-45(20-10-4)51-46(42-23-21-40(5)22-24-42)38-43(41-26-34-49(35-27-41)32-18-15-12-8-2)39-47(51,6)44-28-36-50(37-29-44)33-19-16-13-9-3/h10,20-29,31,34-39H,7-9,11-19,30,32-33H2,1-6H3/q+2/b20-10-,45-25+,48-31+. The Morgan fingerprint density at radius 3 is 1.84 bits per heavy atom. The second kappa shape index (κ2) is 21.3. The van der Waals surface area contributed by atoms with Crippen LogP contribution in [0, 0.1) is 6.92 Å². The second-order valence-electron chi connectivity index (χ2n) is 14.5. The summed E-state index contributed by atoms with van der Waals surface area (Å²) < 4.78 is 4.69. The molecule has 4 rings (SSSR count). The van der Waals surface area contributed by atoms with Gasteiger partial charge in [-0.15, -0.1) is 0 Å². The van der Waals surface area contributed by atoms with Crippen molar-refractivity contribution in [2.24, 2.45) is 4.99 Å². The molecular weight excluding hydrogens is 621 g/mol. The van der Waals surface area contributed by atoms with Crippen LogP contribution >= 0.6 is 0 Å². The maximum Gasteiger partial charge on any atom is 0.169 e. The van der Waals surface area contributed by atoms with Crippen molar-refractivity contribution in [1.29, 1.82) is 0 Å². The molecule has 4 heteroatoms. The Morgan fingerprint density at radius 2 is 1.27 bits per heavy atom. The Labute approximate surface area is 311 Å². The predicted octanol–water partition coefficient (Wildman–Crippen LogP) is 11.5. The molecule has 3 heterocycles. The first-order valence-corrected chi connectivity index (χ1v) is 20.1. The molecule has 0 fully saturated rings. The number of nitrogens with zero attached hydrogens (tertiary/aromatic N) is 4. The van der Waals surface area contributed by atoms with Crippen molar-refractivity contribution in [3.05, 3.63) is 132 Å². The van der Waals surface area contributed by atoms with E-state index < -0.39 is 5.54 Å². The van der Waals surface area contributed by atoms with E-state index in [1.807, 2.05) is 6.21 Å². The average Bonchev–Trinajstić information content (AvgIpc) is 3.15. The van der Waals surface area contributed by atoms with E-state index >= 15 is 0 Å². The maximum absolute atomic E-state index is 4.84. The molecule has 0 saturated heterocycles. The Morgan fingerprint density at radius 1 is 0.706 bits per heavy atom. The van der Waals surface area contributed by atoms with Crippen molar-refractivity contribution in [2.45, 2.75) is 137 Å². The van der Waals surface area contributed by atoms with E-state index in [0.29, 0.717) is 0 Å². The van der Waals surface area contributed by atoms with Crippen molar-refractivity contribution in [3.8, 4) is 0 Å². The van der Waals surface area contributed by atoms with Gasteiger partial charge in [0.15, 0.2) is 24.8 Å². The smallest absolute Gasteiger partial charge is 0.169 e. The van der Waals surface area contributed by atoms with Crippen molar-refractivity contribution in [2.75, 3.05) is 6.54 Å². The Balaban J connectivity index is 1.82. The van der Waals surface area contributed by atoms with Crippen LogP contribution in [-0.4, -0.2) is 17.7 Å². The van der Waals surface area contributed by atoms with Gasteiger partial charge in [-0.05, 0) is 86.6 Å². The number of aromatic nitrogens is 2. The van der Waals surface area contributed by atoms with E-state index in [-0.39, 0.29) is 0 Å². The lowest BCUT2D eigenvalue weighted by Gasteiger charge is -2.46. The van der Waals surface area contributed by atoms with Crippen LogP contribution in [0.3, 0.4) is 0 Å². The molecule has 4 nitrogen and oxygen atoms in total. The van der Waals surface area contributed by atoms with Crippen molar-refractivity contribution < 1.29 is 9.13 Å². The largest absolute Gasteiger partial charge is 0.327 e. The molecule has 1 unspecified atom stereocenters. The van der Waals surface area contributed by atoms with Crippen LogP contribution in [0.5, 0.6) is 0 Å². The SMILES string of the molecule is C\C=C/C(=C\C=N\CCCCCC)N1C(c2ccc(C)cc2)=CC(c2cc[n+](CCCCCC)cc2)=CC1(C)c1cc[n+](CCCCCC)cc1. The molecule has 0 radical (unpaired) electrons. The molecular formula is C47H66N4+2. The molecule has 0 bridgehead atoms. The summed E-state index contributed by atoms with van der Waals surface area (Å²) in [6, 6.07) is 18.3. The van der Waals surface area contributed by atoms with Crippen molar-refractivity contribution in [3.63, 3.8) is 0 Å². The Bertz CT molecular complexity index is 1610. The molecule has 0 amide bonds. The fourth-order valence-corrected chi connectivity index (χ4v) is 6.99. The summed E-state index contributed by atoms with van der Waals surface area (Å²) in [5.74, 6) is 0. The topological polar surface area (TPSA) is 23.4 Å². The number of hydrogen-bond acceptors (Lipinski definition) is 2. The second-order valence-corrected chi connectivity index (χ2v) is 14.5. The fraction of sp³-hybridized carbons (Fsp3) is 0.468. The third-order valence-corrected chi connectivity index (χ3v) is 10.1. The van der Waals surface area contributed by atoms with Gasteiger partial charge in [0.25, 0.3) is 0 Å². The Hall–Kier alpha value is -4.05. The molecule has 0 spiro atoms. The first-order chi connectivity index (χ1) is 24.9. The van der Waals surface area contributed by atoms with Gasteiger partial charge in [-0.25, -0.2) is 9.13 Å². The molecule has 1 aromatic carbocycles. The number of pyridine rings is 2. The highest BCUT2D eigenvalue weighted by atomic mass is 15.2. The normalized spacial score (nSPS) is 16.7. The molecule has 0 N–H and O–H groups in total. The number of benzene rings is 1. The van der Waals surface area contributed by atoms with Gasteiger partial charge in [0, 0.05) is 55.6 Å². The lowest BCUT2D eigenvalue weighted by Crippen LogP contribution is -2.43. The van der Waals surface area contributed by atoms with Gasteiger partial charge < -0.3 is 4.90 Å². The molecule has 0 saturated carbocycles. The third-order valence-electron chi connectivity index (χ3n) is 10.1. The van der Waals surface area contributed by atoms with Crippen LogP contribution < -0.4 is 9.13 Å². The van der Waals surface area contributed by atoms with Crippen LogP contribution in [0.2, 0.25) is 0 Å². The first-order valence-electron chi connectivity index (χ1n) is 20.1. The minimum Gasteiger partial charge on any atom is -0.327 e. The zero-order valence-electron chi connectivity index (χ0n) is 32.8. The lowest BCUT2D eigenvalue weighted by atomic mass is 9.81. The van der Waals surface area contributed by atoms with Crippen molar-refractivity contribution >= 4 is 17.5 Å². The van der Waals surface area contributed by atoms with Gasteiger partial charge >= 0.3 is 0 Å². The third kappa shape index (κ3) is 11.7. The summed E-state index contributed by atoms with van der Waals surface area (Å²) in [5, 5.41) is 0. The summed E-state index contributed by atoms with van der Waals surface area (Å²) in [6.07, 6.45) is 37.6. The van der Waals surface area contributed by atoms with Crippen molar-refractivity contribution in [1.82, 2.24) is 4.90 Å². The monoisotopic (exact) mass is 687 g/mol. The van der Waals surface area contributed by atoms with Crippen LogP contribution in [0.25, 0.3) is 11.3 Å². The first kappa shape index (κ1) is 39.7.